The molecule has 1 aliphatic rings. The van der Waals surface area contributed by atoms with Gasteiger partial charge in [0.1, 0.15) is 0 Å². The van der Waals surface area contributed by atoms with Crippen LogP contribution in [0, 0.1) is 11.8 Å². The van der Waals surface area contributed by atoms with Crippen molar-refractivity contribution in [3.05, 3.63) is 35.4 Å². The first-order chi connectivity index (χ1) is 9.47. The largest absolute Gasteiger partial charge is 0.416 e. The Kier molecular flexibility index (Phi) is 4.70. The van der Waals surface area contributed by atoms with Gasteiger partial charge in [-0.2, -0.15) is 13.2 Å². The van der Waals surface area contributed by atoms with Crippen LogP contribution in [0.1, 0.15) is 49.8 Å². The fourth-order valence-electron chi connectivity index (χ4n) is 3.29. The van der Waals surface area contributed by atoms with E-state index in [2.05, 4.69) is 12.3 Å². The van der Waals surface area contributed by atoms with Crippen LogP contribution >= 0.6 is 0 Å². The third kappa shape index (κ3) is 3.15. The van der Waals surface area contributed by atoms with Crippen LogP contribution in [-0.2, 0) is 6.18 Å². The number of hydrazine groups is 1. The zero-order valence-electron chi connectivity index (χ0n) is 11.6. The minimum absolute atomic E-state index is 0.174. The SMILES string of the molecule is CCC1CCC(C(NN)c2ccccc2C(F)(F)F)C1. The number of hydrogen-bond donors (Lipinski definition) is 2. The molecule has 2 nitrogen and oxygen atoms in total. The minimum Gasteiger partial charge on any atom is -0.271 e. The molecule has 0 spiro atoms. The van der Waals surface area contributed by atoms with Gasteiger partial charge in [-0.05, 0) is 36.3 Å². The Balaban J connectivity index is 2.29. The van der Waals surface area contributed by atoms with Crippen molar-refractivity contribution in [2.24, 2.45) is 17.7 Å². The maximum absolute atomic E-state index is 13.1. The molecule has 2 rings (SSSR count). The van der Waals surface area contributed by atoms with Crippen LogP contribution in [0.2, 0.25) is 0 Å². The molecule has 0 radical (unpaired) electrons. The summed E-state index contributed by atoms with van der Waals surface area (Å²) in [4.78, 5) is 0. The van der Waals surface area contributed by atoms with Gasteiger partial charge in [-0.1, -0.05) is 38.0 Å². The molecule has 1 aromatic rings. The van der Waals surface area contributed by atoms with Crippen LogP contribution in [0.25, 0.3) is 0 Å². The van der Waals surface area contributed by atoms with E-state index in [1.165, 1.54) is 12.1 Å². The molecule has 0 bridgehead atoms. The van der Waals surface area contributed by atoms with Crippen molar-refractivity contribution in [1.82, 2.24) is 5.43 Å². The number of hydrogen-bond acceptors (Lipinski definition) is 2. The quantitative estimate of drug-likeness (QED) is 0.647. The average Bonchev–Trinajstić information content (AvgIpc) is 2.88. The normalized spacial score (nSPS) is 24.9. The molecule has 1 aromatic carbocycles. The molecule has 3 atom stereocenters. The molecule has 0 heterocycles. The molecule has 1 fully saturated rings. The molecule has 3 N–H and O–H groups in total. The lowest BCUT2D eigenvalue weighted by atomic mass is 9.88. The Hall–Kier alpha value is -1.07. The monoisotopic (exact) mass is 286 g/mol. The molecule has 0 aliphatic heterocycles. The lowest BCUT2D eigenvalue weighted by molar-refractivity contribution is -0.138. The van der Waals surface area contributed by atoms with Crippen LogP contribution in [0.5, 0.6) is 0 Å². The predicted octanol–water partition coefficient (Wildman–Crippen LogP) is 4.04. The first-order valence-electron chi connectivity index (χ1n) is 7.09. The molecule has 1 aliphatic carbocycles. The topological polar surface area (TPSA) is 38.0 Å². The molecule has 0 saturated heterocycles. The van der Waals surface area contributed by atoms with E-state index in [1.54, 1.807) is 6.07 Å². The lowest BCUT2D eigenvalue weighted by Crippen LogP contribution is -2.34. The van der Waals surface area contributed by atoms with Gasteiger partial charge in [-0.3, -0.25) is 11.3 Å². The summed E-state index contributed by atoms with van der Waals surface area (Å²) in [6.07, 6.45) is -0.312. The number of alkyl halides is 3. The number of rotatable bonds is 4. The van der Waals surface area contributed by atoms with E-state index in [4.69, 9.17) is 5.84 Å². The minimum atomic E-state index is -4.34. The van der Waals surface area contributed by atoms with E-state index in [0.717, 1.165) is 31.7 Å². The molecular weight excluding hydrogens is 265 g/mol. The van der Waals surface area contributed by atoms with Gasteiger partial charge in [0.15, 0.2) is 0 Å². The number of nitrogens with one attached hydrogen (secondary N) is 1. The summed E-state index contributed by atoms with van der Waals surface area (Å²) in [7, 11) is 0. The number of benzene rings is 1. The van der Waals surface area contributed by atoms with Crippen molar-refractivity contribution < 1.29 is 13.2 Å². The van der Waals surface area contributed by atoms with Gasteiger partial charge in [0.25, 0.3) is 0 Å². The van der Waals surface area contributed by atoms with Gasteiger partial charge in [-0.15, -0.1) is 0 Å². The van der Waals surface area contributed by atoms with E-state index in [-0.39, 0.29) is 11.5 Å². The highest BCUT2D eigenvalue weighted by Gasteiger charge is 2.38. The fraction of sp³-hybridized carbons (Fsp3) is 0.600. The molecular formula is C15H21F3N2. The summed E-state index contributed by atoms with van der Waals surface area (Å²) < 4.78 is 39.3. The molecule has 0 aromatic heterocycles. The molecule has 20 heavy (non-hydrogen) atoms. The Morgan fingerprint density at radius 1 is 1.30 bits per heavy atom. The third-order valence-corrected chi connectivity index (χ3v) is 4.41. The maximum Gasteiger partial charge on any atom is 0.416 e. The van der Waals surface area contributed by atoms with Crippen molar-refractivity contribution in [3.8, 4) is 0 Å². The molecule has 112 valence electrons. The van der Waals surface area contributed by atoms with Crippen molar-refractivity contribution in [3.63, 3.8) is 0 Å². The van der Waals surface area contributed by atoms with E-state index < -0.39 is 17.8 Å². The van der Waals surface area contributed by atoms with Crippen molar-refractivity contribution in [2.45, 2.75) is 44.8 Å². The number of halogens is 3. The highest BCUT2D eigenvalue weighted by atomic mass is 19.4. The molecule has 3 unspecified atom stereocenters. The third-order valence-electron chi connectivity index (χ3n) is 4.41. The van der Waals surface area contributed by atoms with E-state index in [9.17, 15) is 13.2 Å². The standard InChI is InChI=1S/C15H21F3N2/c1-2-10-7-8-11(9-10)14(20-19)12-5-3-4-6-13(12)15(16,17)18/h3-6,10-11,14,20H,2,7-9,19H2,1H3. The Morgan fingerprint density at radius 2 is 2.00 bits per heavy atom. The summed E-state index contributed by atoms with van der Waals surface area (Å²) in [5, 5.41) is 0. The highest BCUT2D eigenvalue weighted by molar-refractivity contribution is 5.33. The summed E-state index contributed by atoms with van der Waals surface area (Å²) in [6, 6.07) is 5.30. The molecule has 1 saturated carbocycles. The Morgan fingerprint density at radius 3 is 2.55 bits per heavy atom. The van der Waals surface area contributed by atoms with Crippen LogP contribution in [0.3, 0.4) is 0 Å². The van der Waals surface area contributed by atoms with Crippen LogP contribution in [-0.4, -0.2) is 0 Å². The summed E-state index contributed by atoms with van der Waals surface area (Å²) in [6.45, 7) is 2.13. The van der Waals surface area contributed by atoms with Gasteiger partial charge < -0.3 is 0 Å². The summed E-state index contributed by atoms with van der Waals surface area (Å²) in [5.74, 6) is 6.35. The van der Waals surface area contributed by atoms with E-state index in [0.29, 0.717) is 5.92 Å². The van der Waals surface area contributed by atoms with Crippen LogP contribution in [0.15, 0.2) is 24.3 Å². The average molecular weight is 286 g/mol. The second kappa shape index (κ2) is 6.14. The highest BCUT2D eigenvalue weighted by Crippen LogP contribution is 2.43. The van der Waals surface area contributed by atoms with Crippen LogP contribution < -0.4 is 11.3 Å². The second-order valence-corrected chi connectivity index (χ2v) is 5.58. The zero-order valence-corrected chi connectivity index (χ0v) is 11.6. The van der Waals surface area contributed by atoms with E-state index >= 15 is 0 Å². The molecule has 5 heteroatoms. The number of nitrogens with two attached hydrogens (primary N) is 1. The summed E-state index contributed by atoms with van der Waals surface area (Å²) >= 11 is 0. The predicted molar refractivity (Wildman–Crippen MR) is 72.6 cm³/mol. The van der Waals surface area contributed by atoms with Gasteiger partial charge in [-0.25, -0.2) is 0 Å². The first kappa shape index (κ1) is 15.3. The Bertz CT molecular complexity index is 445. The van der Waals surface area contributed by atoms with Gasteiger partial charge in [0, 0.05) is 6.04 Å². The van der Waals surface area contributed by atoms with Crippen LogP contribution in [0.4, 0.5) is 13.2 Å². The smallest absolute Gasteiger partial charge is 0.271 e. The van der Waals surface area contributed by atoms with Crippen molar-refractivity contribution in [1.29, 1.82) is 0 Å². The van der Waals surface area contributed by atoms with Crippen molar-refractivity contribution >= 4 is 0 Å². The first-order valence-corrected chi connectivity index (χ1v) is 7.09. The zero-order chi connectivity index (χ0) is 14.8. The molecule has 0 amide bonds. The maximum atomic E-state index is 13.1. The van der Waals surface area contributed by atoms with Gasteiger partial charge >= 0.3 is 6.18 Å². The van der Waals surface area contributed by atoms with E-state index in [1.807, 2.05) is 0 Å². The van der Waals surface area contributed by atoms with Gasteiger partial charge in [0.05, 0.1) is 5.56 Å². The summed E-state index contributed by atoms with van der Waals surface area (Å²) in [5.41, 5.74) is 2.30. The van der Waals surface area contributed by atoms with Crippen molar-refractivity contribution in [2.75, 3.05) is 0 Å². The second-order valence-electron chi connectivity index (χ2n) is 5.58. The van der Waals surface area contributed by atoms with Gasteiger partial charge in [0.2, 0.25) is 0 Å². The lowest BCUT2D eigenvalue weighted by Gasteiger charge is -2.26. The fourth-order valence-corrected chi connectivity index (χ4v) is 3.29. The Labute approximate surface area is 117 Å².